The van der Waals surface area contributed by atoms with Crippen molar-refractivity contribution in [2.75, 3.05) is 19.7 Å². The van der Waals surface area contributed by atoms with Gasteiger partial charge in [-0.25, -0.2) is 0 Å². The topological polar surface area (TPSA) is 18.5 Å². The molecule has 0 atom stereocenters. The van der Waals surface area contributed by atoms with Gasteiger partial charge >= 0.3 is 6.98 Å². The van der Waals surface area contributed by atoms with E-state index in [0.29, 0.717) is 6.61 Å². The van der Waals surface area contributed by atoms with Crippen LogP contribution in [-0.2, 0) is 16.1 Å². The van der Waals surface area contributed by atoms with E-state index in [2.05, 4.69) is 4.74 Å². The van der Waals surface area contributed by atoms with Gasteiger partial charge in [-0.05, 0) is 5.56 Å². The number of rotatable bonds is 7. The molecule has 0 spiro atoms. The van der Waals surface area contributed by atoms with E-state index >= 15 is 0 Å². The summed E-state index contributed by atoms with van der Waals surface area (Å²) in [5.74, 6) is 0. The van der Waals surface area contributed by atoms with Crippen LogP contribution in [0.4, 0.5) is 12.9 Å². The third-order valence-electron chi connectivity index (χ3n) is 1.79. The lowest BCUT2D eigenvalue weighted by Crippen LogP contribution is -2.25. The lowest BCUT2D eigenvalue weighted by Gasteiger charge is -2.13. The molecule has 0 amide bonds. The monoisotopic (exact) mass is 233 g/mol. The second kappa shape index (κ2) is 6.55. The van der Waals surface area contributed by atoms with Crippen molar-refractivity contribution in [2.24, 2.45) is 0 Å². The third-order valence-corrected chi connectivity index (χ3v) is 1.79. The minimum Gasteiger partial charge on any atom is -0.447 e. The standard InChI is InChI=1S/C10H13BF3O2/c12-11(13,14)9-16-7-6-15-8-10-4-2-1-3-5-10/h1-5H,6-9H2/q-1. The van der Waals surface area contributed by atoms with Crippen LogP contribution in [0.2, 0.25) is 0 Å². The van der Waals surface area contributed by atoms with Gasteiger partial charge in [0.15, 0.2) is 0 Å². The highest BCUT2D eigenvalue weighted by Crippen LogP contribution is 2.07. The molecule has 1 rings (SSSR count). The summed E-state index contributed by atoms with van der Waals surface area (Å²) in [5, 5.41) is 0. The predicted octanol–water partition coefficient (Wildman–Crippen LogP) is 2.61. The summed E-state index contributed by atoms with van der Waals surface area (Å²) in [5.41, 5.74) is 0.988. The van der Waals surface area contributed by atoms with E-state index < -0.39 is 13.5 Å². The first-order valence-corrected chi connectivity index (χ1v) is 4.98. The highest BCUT2D eigenvalue weighted by atomic mass is 19.4. The Morgan fingerprint density at radius 1 is 0.938 bits per heavy atom. The van der Waals surface area contributed by atoms with E-state index in [-0.39, 0.29) is 13.2 Å². The second-order valence-electron chi connectivity index (χ2n) is 3.32. The van der Waals surface area contributed by atoms with Crippen molar-refractivity contribution in [3.63, 3.8) is 0 Å². The largest absolute Gasteiger partial charge is 0.503 e. The first-order valence-electron chi connectivity index (χ1n) is 4.98. The van der Waals surface area contributed by atoms with Crippen molar-refractivity contribution < 1.29 is 22.4 Å². The molecule has 0 aliphatic rings. The average Bonchev–Trinajstić information content (AvgIpc) is 2.23. The van der Waals surface area contributed by atoms with Crippen molar-refractivity contribution in [2.45, 2.75) is 6.61 Å². The summed E-state index contributed by atoms with van der Waals surface area (Å²) in [7, 11) is 0. The van der Waals surface area contributed by atoms with Crippen molar-refractivity contribution in [3.05, 3.63) is 35.9 Å². The lowest BCUT2D eigenvalue weighted by atomic mass is 9.95. The molecule has 0 fully saturated rings. The van der Waals surface area contributed by atoms with Crippen molar-refractivity contribution in [1.82, 2.24) is 0 Å². The predicted molar refractivity (Wildman–Crippen MR) is 56.0 cm³/mol. The minimum atomic E-state index is -4.85. The normalized spacial score (nSPS) is 11.7. The number of hydrogen-bond acceptors (Lipinski definition) is 2. The Hall–Kier alpha value is -1.01. The van der Waals surface area contributed by atoms with Gasteiger partial charge in [0.05, 0.1) is 19.8 Å². The molecule has 90 valence electrons. The zero-order valence-electron chi connectivity index (χ0n) is 8.74. The summed E-state index contributed by atoms with van der Waals surface area (Å²) in [4.78, 5) is 0. The van der Waals surface area contributed by atoms with Crippen LogP contribution in [0, 0.1) is 0 Å². The molecule has 0 N–H and O–H groups in total. The number of benzene rings is 1. The van der Waals surface area contributed by atoms with E-state index in [1.807, 2.05) is 30.3 Å². The summed E-state index contributed by atoms with van der Waals surface area (Å²) in [6, 6.07) is 9.42. The summed E-state index contributed by atoms with van der Waals surface area (Å²) in [6.07, 6.45) is 0. The Kier molecular flexibility index (Phi) is 5.35. The quantitative estimate of drug-likeness (QED) is 0.532. The average molecular weight is 233 g/mol. The Balaban J connectivity index is 2.01. The van der Waals surface area contributed by atoms with E-state index in [4.69, 9.17) is 4.74 Å². The van der Waals surface area contributed by atoms with Crippen molar-refractivity contribution in [1.29, 1.82) is 0 Å². The molecule has 0 aromatic heterocycles. The third kappa shape index (κ3) is 6.47. The minimum absolute atomic E-state index is 0.0336. The fraction of sp³-hybridized carbons (Fsp3) is 0.400. The molecular formula is C10H13BF3O2-. The molecule has 1 aromatic carbocycles. The maximum absolute atomic E-state index is 11.7. The van der Waals surface area contributed by atoms with Gasteiger partial charge in [-0.3, -0.25) is 0 Å². The van der Waals surface area contributed by atoms with Crippen LogP contribution in [0.25, 0.3) is 0 Å². The van der Waals surface area contributed by atoms with E-state index in [9.17, 15) is 12.9 Å². The van der Waals surface area contributed by atoms with Crippen molar-refractivity contribution >= 4 is 6.98 Å². The molecule has 6 heteroatoms. The molecule has 0 radical (unpaired) electrons. The fourth-order valence-corrected chi connectivity index (χ4v) is 1.10. The van der Waals surface area contributed by atoms with Gasteiger partial charge in [0.2, 0.25) is 0 Å². The van der Waals surface area contributed by atoms with Crippen LogP contribution < -0.4 is 0 Å². The van der Waals surface area contributed by atoms with Gasteiger partial charge in [0, 0.05) is 6.51 Å². The van der Waals surface area contributed by atoms with Gasteiger partial charge in [-0.2, -0.15) is 0 Å². The zero-order valence-corrected chi connectivity index (χ0v) is 8.74. The maximum Gasteiger partial charge on any atom is 0.503 e. The Labute approximate surface area is 92.4 Å². The maximum atomic E-state index is 11.7. The van der Waals surface area contributed by atoms with Gasteiger partial charge in [-0.1, -0.05) is 30.3 Å². The molecule has 0 saturated carbocycles. The summed E-state index contributed by atoms with van der Waals surface area (Å²) in [6.45, 7) is -5.48. The van der Waals surface area contributed by atoms with Crippen LogP contribution in [0.3, 0.4) is 0 Å². The molecule has 16 heavy (non-hydrogen) atoms. The van der Waals surface area contributed by atoms with E-state index in [1.165, 1.54) is 0 Å². The highest BCUT2D eigenvalue weighted by Gasteiger charge is 2.22. The summed E-state index contributed by atoms with van der Waals surface area (Å²) < 4.78 is 44.7. The lowest BCUT2D eigenvalue weighted by molar-refractivity contribution is 0.0483. The van der Waals surface area contributed by atoms with Crippen molar-refractivity contribution in [3.8, 4) is 0 Å². The molecule has 1 aromatic rings. The van der Waals surface area contributed by atoms with Gasteiger partial charge in [0.1, 0.15) is 0 Å². The fourth-order valence-electron chi connectivity index (χ4n) is 1.10. The van der Waals surface area contributed by atoms with Crippen LogP contribution in [-0.4, -0.2) is 26.7 Å². The molecule has 0 aliphatic heterocycles. The van der Waals surface area contributed by atoms with E-state index in [0.717, 1.165) is 5.56 Å². The Morgan fingerprint density at radius 2 is 1.56 bits per heavy atom. The Morgan fingerprint density at radius 3 is 2.19 bits per heavy atom. The number of halogens is 3. The van der Waals surface area contributed by atoms with Gasteiger partial charge in [0.25, 0.3) is 0 Å². The zero-order chi connectivity index (χ0) is 11.9. The molecule has 0 bridgehead atoms. The number of hydrogen-bond donors (Lipinski definition) is 0. The van der Waals surface area contributed by atoms with E-state index in [1.54, 1.807) is 0 Å². The molecule has 0 aliphatic carbocycles. The Bertz CT molecular complexity index is 290. The molecule has 0 saturated heterocycles. The smallest absolute Gasteiger partial charge is 0.447 e. The molecular weight excluding hydrogens is 220 g/mol. The molecule has 0 unspecified atom stereocenters. The highest BCUT2D eigenvalue weighted by molar-refractivity contribution is 6.58. The number of ether oxygens (including phenoxy) is 2. The van der Waals surface area contributed by atoms with Crippen LogP contribution >= 0.6 is 0 Å². The van der Waals surface area contributed by atoms with Gasteiger partial charge < -0.3 is 22.4 Å². The van der Waals surface area contributed by atoms with Crippen LogP contribution in [0.5, 0.6) is 0 Å². The van der Waals surface area contributed by atoms with Crippen LogP contribution in [0.1, 0.15) is 5.56 Å². The first kappa shape index (κ1) is 13.1. The first-order chi connectivity index (χ1) is 7.58. The molecule has 2 nitrogen and oxygen atoms in total. The van der Waals surface area contributed by atoms with Crippen LogP contribution in [0.15, 0.2) is 30.3 Å². The second-order valence-corrected chi connectivity index (χ2v) is 3.32. The summed E-state index contributed by atoms with van der Waals surface area (Å²) >= 11 is 0. The SMILES string of the molecule is F[B-](F)(F)COCCOCc1ccccc1. The van der Waals surface area contributed by atoms with Gasteiger partial charge in [-0.15, -0.1) is 0 Å². The molecule has 0 heterocycles.